The molecule has 20 heavy (non-hydrogen) atoms. The van der Waals surface area contributed by atoms with Crippen LogP contribution in [0.3, 0.4) is 0 Å². The molecule has 5 heteroatoms. The third-order valence-electron chi connectivity index (χ3n) is 3.30. The molecular formula is C15H19FN2O2. The second kappa shape index (κ2) is 6.05. The van der Waals surface area contributed by atoms with Gasteiger partial charge in [0.1, 0.15) is 17.6 Å². The number of halogens is 1. The van der Waals surface area contributed by atoms with Gasteiger partial charge in [0.2, 0.25) is 0 Å². The lowest BCUT2D eigenvalue weighted by Crippen LogP contribution is -2.12. The number of hydrogen-bond acceptors (Lipinski definition) is 3. The normalized spacial score (nSPS) is 12.4. The van der Waals surface area contributed by atoms with Gasteiger partial charge in [-0.15, -0.1) is 0 Å². The largest absolute Gasteiger partial charge is 0.493 e. The second-order valence-corrected chi connectivity index (χ2v) is 4.72. The minimum Gasteiger partial charge on any atom is -0.493 e. The van der Waals surface area contributed by atoms with E-state index < -0.39 is 6.10 Å². The lowest BCUT2D eigenvalue weighted by atomic mass is 10.0. The quantitative estimate of drug-likeness (QED) is 0.915. The number of ether oxygens (including phenoxy) is 1. The van der Waals surface area contributed by atoms with Crippen molar-refractivity contribution in [3.05, 3.63) is 47.0 Å². The average Bonchev–Trinajstić information content (AvgIpc) is 2.84. The summed E-state index contributed by atoms with van der Waals surface area (Å²) in [6, 6.07) is 4.38. The molecule has 108 valence electrons. The van der Waals surface area contributed by atoms with E-state index in [1.54, 1.807) is 16.9 Å². The number of methoxy groups -OCH3 is 1. The van der Waals surface area contributed by atoms with Gasteiger partial charge in [0.05, 0.1) is 13.3 Å². The molecule has 2 aromatic rings. The molecule has 0 aliphatic carbocycles. The summed E-state index contributed by atoms with van der Waals surface area (Å²) < 4.78 is 20.4. The summed E-state index contributed by atoms with van der Waals surface area (Å²) in [4.78, 5) is 0. The van der Waals surface area contributed by atoms with Gasteiger partial charge in [-0.3, -0.25) is 4.68 Å². The van der Waals surface area contributed by atoms with Gasteiger partial charge in [0, 0.05) is 6.54 Å². The van der Waals surface area contributed by atoms with Crippen LogP contribution < -0.4 is 4.74 Å². The number of aryl methyl sites for hydroxylation is 2. The van der Waals surface area contributed by atoms with E-state index >= 15 is 0 Å². The number of nitrogens with zero attached hydrogens (tertiary/aromatic N) is 2. The summed E-state index contributed by atoms with van der Waals surface area (Å²) in [5.74, 6) is 0.139. The first-order chi connectivity index (χ1) is 9.58. The minimum absolute atomic E-state index is 0.370. The van der Waals surface area contributed by atoms with Crippen molar-refractivity contribution < 1.29 is 14.2 Å². The maximum absolute atomic E-state index is 13.4. The van der Waals surface area contributed by atoms with Crippen molar-refractivity contribution in [1.82, 2.24) is 9.78 Å². The molecule has 0 bridgehead atoms. The van der Waals surface area contributed by atoms with Gasteiger partial charge < -0.3 is 9.84 Å². The van der Waals surface area contributed by atoms with E-state index in [0.29, 0.717) is 23.6 Å². The average molecular weight is 278 g/mol. The van der Waals surface area contributed by atoms with Crippen LogP contribution in [0, 0.1) is 12.7 Å². The van der Waals surface area contributed by atoms with Crippen LogP contribution in [0.25, 0.3) is 0 Å². The Kier molecular flexibility index (Phi) is 4.39. The van der Waals surface area contributed by atoms with Gasteiger partial charge in [0.15, 0.2) is 5.75 Å². The Bertz CT molecular complexity index is 596. The molecule has 0 saturated carbocycles. The highest BCUT2D eigenvalue weighted by molar-refractivity contribution is 5.38. The first kappa shape index (κ1) is 14.5. The Hall–Kier alpha value is -1.88. The van der Waals surface area contributed by atoms with Crippen molar-refractivity contribution in [3.63, 3.8) is 0 Å². The van der Waals surface area contributed by atoms with E-state index in [1.165, 1.54) is 19.2 Å². The predicted molar refractivity (Wildman–Crippen MR) is 74.3 cm³/mol. The van der Waals surface area contributed by atoms with E-state index in [0.717, 1.165) is 12.0 Å². The van der Waals surface area contributed by atoms with Gasteiger partial charge >= 0.3 is 0 Å². The van der Waals surface area contributed by atoms with Crippen LogP contribution in [-0.4, -0.2) is 22.0 Å². The van der Waals surface area contributed by atoms with Crippen molar-refractivity contribution in [1.29, 1.82) is 0 Å². The molecule has 0 amide bonds. The van der Waals surface area contributed by atoms with Crippen LogP contribution >= 0.6 is 0 Å². The molecule has 0 radical (unpaired) electrons. The molecule has 1 N–H and O–H groups in total. The molecule has 0 fully saturated rings. The third kappa shape index (κ3) is 2.67. The number of aliphatic hydroxyl groups is 1. The topological polar surface area (TPSA) is 47.3 Å². The number of benzene rings is 1. The summed E-state index contributed by atoms with van der Waals surface area (Å²) in [5, 5.41) is 14.8. The van der Waals surface area contributed by atoms with E-state index in [2.05, 4.69) is 5.10 Å². The lowest BCUT2D eigenvalue weighted by Gasteiger charge is -2.17. The van der Waals surface area contributed by atoms with Gasteiger partial charge in [-0.2, -0.15) is 5.10 Å². The Labute approximate surface area is 117 Å². The van der Waals surface area contributed by atoms with E-state index in [4.69, 9.17) is 4.74 Å². The van der Waals surface area contributed by atoms with Gasteiger partial charge in [0.25, 0.3) is 0 Å². The molecule has 1 atom stereocenters. The Balaban J connectivity index is 2.48. The molecule has 1 heterocycles. The summed E-state index contributed by atoms with van der Waals surface area (Å²) in [5.41, 5.74) is 1.91. The third-order valence-corrected chi connectivity index (χ3v) is 3.30. The highest BCUT2D eigenvalue weighted by Gasteiger charge is 2.23. The summed E-state index contributed by atoms with van der Waals surface area (Å²) in [6.45, 7) is 4.53. The standard InChI is InChI=1S/C15H19FN2O2/c1-4-7-18-14(13(20-3)9-17-18)15(19)12-8-11(16)6-5-10(12)2/h5-6,8-9,15,19H,4,7H2,1-3H3. The fourth-order valence-corrected chi connectivity index (χ4v) is 2.25. The zero-order chi connectivity index (χ0) is 14.7. The first-order valence-electron chi connectivity index (χ1n) is 6.62. The highest BCUT2D eigenvalue weighted by Crippen LogP contribution is 2.32. The van der Waals surface area contributed by atoms with Crippen molar-refractivity contribution in [2.24, 2.45) is 0 Å². The molecule has 1 aromatic carbocycles. The lowest BCUT2D eigenvalue weighted by molar-refractivity contribution is 0.200. The molecule has 4 nitrogen and oxygen atoms in total. The van der Waals surface area contributed by atoms with Crippen LogP contribution in [0.15, 0.2) is 24.4 Å². The molecule has 2 rings (SSSR count). The molecule has 1 unspecified atom stereocenters. The Morgan fingerprint density at radius 2 is 2.20 bits per heavy atom. The van der Waals surface area contributed by atoms with Crippen LogP contribution in [-0.2, 0) is 6.54 Å². The van der Waals surface area contributed by atoms with Crippen molar-refractivity contribution in [2.45, 2.75) is 32.9 Å². The molecule has 0 saturated heterocycles. The molecule has 0 aliphatic rings. The van der Waals surface area contributed by atoms with Crippen LogP contribution in [0.2, 0.25) is 0 Å². The second-order valence-electron chi connectivity index (χ2n) is 4.72. The number of aromatic nitrogens is 2. The molecular weight excluding hydrogens is 259 g/mol. The van der Waals surface area contributed by atoms with Crippen LogP contribution in [0.5, 0.6) is 5.75 Å². The monoisotopic (exact) mass is 278 g/mol. The maximum atomic E-state index is 13.4. The fraction of sp³-hybridized carbons (Fsp3) is 0.400. The van der Waals surface area contributed by atoms with Crippen molar-refractivity contribution in [2.75, 3.05) is 7.11 Å². The molecule has 1 aromatic heterocycles. The van der Waals surface area contributed by atoms with Crippen molar-refractivity contribution in [3.8, 4) is 5.75 Å². The zero-order valence-electron chi connectivity index (χ0n) is 11.9. The van der Waals surface area contributed by atoms with Gasteiger partial charge in [-0.1, -0.05) is 13.0 Å². The summed E-state index contributed by atoms with van der Waals surface area (Å²) in [7, 11) is 1.53. The van der Waals surface area contributed by atoms with E-state index in [9.17, 15) is 9.50 Å². The Morgan fingerprint density at radius 3 is 2.85 bits per heavy atom. The van der Waals surface area contributed by atoms with Gasteiger partial charge in [-0.25, -0.2) is 4.39 Å². The van der Waals surface area contributed by atoms with Crippen LogP contribution in [0.4, 0.5) is 4.39 Å². The molecule has 0 aliphatic heterocycles. The van der Waals surface area contributed by atoms with Crippen molar-refractivity contribution >= 4 is 0 Å². The van der Waals surface area contributed by atoms with Gasteiger partial charge in [-0.05, 0) is 36.6 Å². The highest BCUT2D eigenvalue weighted by atomic mass is 19.1. The number of hydrogen-bond donors (Lipinski definition) is 1. The SMILES string of the molecule is CCCn1ncc(OC)c1C(O)c1cc(F)ccc1C. The Morgan fingerprint density at radius 1 is 1.45 bits per heavy atom. The summed E-state index contributed by atoms with van der Waals surface area (Å²) >= 11 is 0. The minimum atomic E-state index is -0.963. The number of rotatable bonds is 5. The first-order valence-corrected chi connectivity index (χ1v) is 6.62. The fourth-order valence-electron chi connectivity index (χ4n) is 2.25. The van der Waals surface area contributed by atoms with E-state index in [-0.39, 0.29) is 5.82 Å². The summed E-state index contributed by atoms with van der Waals surface area (Å²) in [6.07, 6.45) is 1.49. The smallest absolute Gasteiger partial charge is 0.163 e. The zero-order valence-corrected chi connectivity index (χ0v) is 11.9. The number of aliphatic hydroxyl groups excluding tert-OH is 1. The predicted octanol–water partition coefficient (Wildman–Crippen LogP) is 2.83. The van der Waals surface area contributed by atoms with Crippen LogP contribution in [0.1, 0.15) is 36.3 Å². The maximum Gasteiger partial charge on any atom is 0.163 e. The van der Waals surface area contributed by atoms with E-state index in [1.807, 2.05) is 13.8 Å². The molecule has 0 spiro atoms.